The fourth-order valence-electron chi connectivity index (χ4n) is 2.26. The predicted octanol–water partition coefficient (Wildman–Crippen LogP) is 3.62. The number of carbonyl (C=O) groups is 1. The predicted molar refractivity (Wildman–Crippen MR) is 94.4 cm³/mol. The molecular formula is C19H19N3O3. The number of hydrogen-bond acceptors (Lipinski definition) is 5. The first-order valence-corrected chi connectivity index (χ1v) is 8.07. The molecule has 25 heavy (non-hydrogen) atoms. The first kappa shape index (κ1) is 16.7. The number of para-hydroxylation sites is 1. The Morgan fingerprint density at radius 2 is 1.92 bits per heavy atom. The van der Waals surface area contributed by atoms with Crippen LogP contribution in [0.4, 0.5) is 5.69 Å². The molecular weight excluding hydrogens is 318 g/mol. The van der Waals surface area contributed by atoms with Crippen LogP contribution in [0.15, 0.2) is 53.1 Å². The Kier molecular flexibility index (Phi) is 5.09. The van der Waals surface area contributed by atoms with E-state index in [-0.39, 0.29) is 12.5 Å². The fourth-order valence-corrected chi connectivity index (χ4v) is 2.26. The van der Waals surface area contributed by atoms with E-state index in [4.69, 9.17) is 9.26 Å². The number of nitrogens with one attached hydrogen (secondary N) is 1. The van der Waals surface area contributed by atoms with Gasteiger partial charge in [0.2, 0.25) is 0 Å². The van der Waals surface area contributed by atoms with E-state index in [0.29, 0.717) is 17.5 Å². The number of amides is 1. The molecule has 0 aliphatic rings. The number of carbonyl (C=O) groups excluding carboxylic acids is 1. The van der Waals surface area contributed by atoms with Crippen LogP contribution in [0, 0.1) is 6.92 Å². The van der Waals surface area contributed by atoms with E-state index in [1.54, 1.807) is 12.1 Å². The molecule has 0 radical (unpaired) electrons. The van der Waals surface area contributed by atoms with Gasteiger partial charge in [-0.15, -0.1) is 0 Å². The molecule has 1 amide bonds. The van der Waals surface area contributed by atoms with Gasteiger partial charge in [-0.3, -0.25) is 4.79 Å². The van der Waals surface area contributed by atoms with Crippen molar-refractivity contribution in [3.63, 3.8) is 0 Å². The second-order valence-corrected chi connectivity index (χ2v) is 5.55. The third-order valence-electron chi connectivity index (χ3n) is 3.67. The molecule has 1 N–H and O–H groups in total. The van der Waals surface area contributed by atoms with Crippen LogP contribution in [-0.4, -0.2) is 22.7 Å². The van der Waals surface area contributed by atoms with Gasteiger partial charge in [0.05, 0.1) is 0 Å². The Bertz CT molecular complexity index is 856. The number of hydrogen-bond donors (Lipinski definition) is 1. The number of rotatable bonds is 6. The number of ether oxygens (including phenoxy) is 1. The van der Waals surface area contributed by atoms with Gasteiger partial charge in [0.15, 0.2) is 12.4 Å². The number of anilines is 1. The van der Waals surface area contributed by atoms with Crippen LogP contribution in [0.1, 0.15) is 18.3 Å². The van der Waals surface area contributed by atoms with Crippen LogP contribution in [0.5, 0.6) is 5.75 Å². The second kappa shape index (κ2) is 7.61. The molecule has 0 aliphatic heterocycles. The van der Waals surface area contributed by atoms with E-state index in [9.17, 15) is 4.79 Å². The summed E-state index contributed by atoms with van der Waals surface area (Å²) in [6, 6.07) is 14.8. The van der Waals surface area contributed by atoms with Crippen LogP contribution >= 0.6 is 0 Å². The Balaban J connectivity index is 1.56. The summed E-state index contributed by atoms with van der Waals surface area (Å²) in [5, 5.41) is 6.70. The molecule has 0 atom stereocenters. The summed E-state index contributed by atoms with van der Waals surface area (Å²) in [6.07, 6.45) is 0.723. The van der Waals surface area contributed by atoms with E-state index >= 15 is 0 Å². The van der Waals surface area contributed by atoms with Gasteiger partial charge in [-0.25, -0.2) is 0 Å². The molecule has 2 aromatic carbocycles. The van der Waals surface area contributed by atoms with E-state index < -0.39 is 0 Å². The minimum Gasteiger partial charge on any atom is -0.484 e. The minimum atomic E-state index is -0.206. The van der Waals surface area contributed by atoms with Gasteiger partial charge in [-0.05, 0) is 42.8 Å². The number of nitrogens with zero attached hydrogens (tertiary/aromatic N) is 2. The molecule has 0 saturated heterocycles. The lowest BCUT2D eigenvalue weighted by Crippen LogP contribution is -2.20. The molecule has 0 unspecified atom stereocenters. The molecule has 6 nitrogen and oxygen atoms in total. The first-order valence-electron chi connectivity index (χ1n) is 8.07. The maximum absolute atomic E-state index is 12.0. The highest BCUT2D eigenvalue weighted by molar-refractivity contribution is 5.92. The molecule has 0 fully saturated rings. The maximum Gasteiger partial charge on any atom is 0.262 e. The molecule has 3 aromatic rings. The molecule has 6 heteroatoms. The SMILES string of the molecule is CCc1noc(-c2ccc(OCC(=O)Nc3ccccc3C)cc2)n1. The van der Waals surface area contributed by atoms with Crippen molar-refractivity contribution in [2.45, 2.75) is 20.3 Å². The molecule has 128 valence electrons. The van der Waals surface area contributed by atoms with E-state index in [2.05, 4.69) is 15.5 Å². The number of benzene rings is 2. The lowest BCUT2D eigenvalue weighted by molar-refractivity contribution is -0.118. The van der Waals surface area contributed by atoms with Gasteiger partial charge in [0.25, 0.3) is 11.8 Å². The normalized spacial score (nSPS) is 10.5. The van der Waals surface area contributed by atoms with Crippen LogP contribution in [0.3, 0.4) is 0 Å². The Labute approximate surface area is 145 Å². The molecule has 1 aromatic heterocycles. The van der Waals surface area contributed by atoms with Gasteiger partial charge < -0.3 is 14.6 Å². The average Bonchev–Trinajstić information content (AvgIpc) is 3.12. The smallest absolute Gasteiger partial charge is 0.262 e. The third-order valence-corrected chi connectivity index (χ3v) is 3.67. The zero-order valence-electron chi connectivity index (χ0n) is 14.2. The lowest BCUT2D eigenvalue weighted by atomic mass is 10.2. The zero-order chi connectivity index (χ0) is 17.6. The monoisotopic (exact) mass is 337 g/mol. The summed E-state index contributed by atoms with van der Waals surface area (Å²) in [7, 11) is 0. The van der Waals surface area contributed by atoms with Gasteiger partial charge in [0, 0.05) is 17.7 Å². The summed E-state index contributed by atoms with van der Waals surface area (Å²) < 4.78 is 10.7. The Morgan fingerprint density at radius 1 is 1.16 bits per heavy atom. The summed E-state index contributed by atoms with van der Waals surface area (Å²) in [4.78, 5) is 16.3. The van der Waals surface area contributed by atoms with Crippen molar-refractivity contribution in [1.82, 2.24) is 10.1 Å². The van der Waals surface area contributed by atoms with Crippen LogP contribution in [0.2, 0.25) is 0 Å². The average molecular weight is 337 g/mol. The quantitative estimate of drug-likeness (QED) is 0.743. The largest absolute Gasteiger partial charge is 0.484 e. The third kappa shape index (κ3) is 4.23. The summed E-state index contributed by atoms with van der Waals surface area (Å²) in [5.41, 5.74) is 2.60. The molecule has 3 rings (SSSR count). The minimum absolute atomic E-state index is 0.0613. The van der Waals surface area contributed by atoms with Crippen molar-refractivity contribution < 1.29 is 14.1 Å². The molecule has 0 saturated carbocycles. The lowest BCUT2D eigenvalue weighted by Gasteiger charge is -2.09. The van der Waals surface area contributed by atoms with Crippen molar-refractivity contribution >= 4 is 11.6 Å². The van der Waals surface area contributed by atoms with Gasteiger partial charge >= 0.3 is 0 Å². The van der Waals surface area contributed by atoms with Crippen molar-refractivity contribution in [2.75, 3.05) is 11.9 Å². The molecule has 1 heterocycles. The van der Waals surface area contributed by atoms with E-state index in [1.807, 2.05) is 50.2 Å². The molecule has 0 bridgehead atoms. The van der Waals surface area contributed by atoms with Crippen LogP contribution in [-0.2, 0) is 11.2 Å². The van der Waals surface area contributed by atoms with Crippen molar-refractivity contribution in [3.05, 3.63) is 59.9 Å². The Morgan fingerprint density at radius 3 is 2.60 bits per heavy atom. The molecule has 0 spiro atoms. The van der Waals surface area contributed by atoms with E-state index in [1.165, 1.54) is 0 Å². The highest BCUT2D eigenvalue weighted by Crippen LogP contribution is 2.21. The van der Waals surface area contributed by atoms with Crippen LogP contribution < -0.4 is 10.1 Å². The standard InChI is InChI=1S/C19H19N3O3/c1-3-17-21-19(25-22-17)14-8-10-15(11-9-14)24-12-18(23)20-16-7-5-4-6-13(16)2/h4-11H,3,12H2,1-2H3,(H,20,23). The summed E-state index contributed by atoms with van der Waals surface area (Å²) in [6.45, 7) is 3.85. The topological polar surface area (TPSA) is 77.2 Å². The fraction of sp³-hybridized carbons (Fsp3) is 0.211. The van der Waals surface area contributed by atoms with Gasteiger partial charge in [-0.2, -0.15) is 4.98 Å². The Hall–Kier alpha value is -3.15. The number of aryl methyl sites for hydroxylation is 2. The summed E-state index contributed by atoms with van der Waals surface area (Å²) in [5.74, 6) is 1.53. The highest BCUT2D eigenvalue weighted by Gasteiger charge is 2.09. The van der Waals surface area contributed by atoms with Crippen LogP contribution in [0.25, 0.3) is 11.5 Å². The van der Waals surface area contributed by atoms with Crippen molar-refractivity contribution in [3.8, 4) is 17.2 Å². The van der Waals surface area contributed by atoms with Gasteiger partial charge in [0.1, 0.15) is 5.75 Å². The zero-order valence-corrected chi connectivity index (χ0v) is 14.2. The van der Waals surface area contributed by atoms with E-state index in [0.717, 1.165) is 23.2 Å². The second-order valence-electron chi connectivity index (χ2n) is 5.55. The number of aromatic nitrogens is 2. The maximum atomic E-state index is 12.0. The van der Waals surface area contributed by atoms with Crippen molar-refractivity contribution in [1.29, 1.82) is 0 Å². The summed E-state index contributed by atoms with van der Waals surface area (Å²) >= 11 is 0. The molecule has 0 aliphatic carbocycles. The first-order chi connectivity index (χ1) is 12.2. The van der Waals surface area contributed by atoms with Crippen molar-refractivity contribution in [2.24, 2.45) is 0 Å². The highest BCUT2D eigenvalue weighted by atomic mass is 16.5. The van der Waals surface area contributed by atoms with Gasteiger partial charge in [-0.1, -0.05) is 30.3 Å².